The number of hydrogen-bond donors (Lipinski definition) is 0. The molecule has 0 bridgehead atoms. The van der Waals surface area contributed by atoms with E-state index in [1.54, 1.807) is 0 Å². The quantitative estimate of drug-likeness (QED) is 0.587. The fraction of sp³-hybridized carbons (Fsp3) is 0.167. The highest BCUT2D eigenvalue weighted by molar-refractivity contribution is 6.11. The molecule has 20 heavy (non-hydrogen) atoms. The molecular formula is C18H16N2. The third kappa shape index (κ3) is 1.31. The van der Waals surface area contributed by atoms with Crippen LogP contribution in [0, 0.1) is 13.8 Å². The van der Waals surface area contributed by atoms with E-state index in [4.69, 9.17) is 4.98 Å². The smallest absolute Gasteiger partial charge is 0.0825 e. The molecule has 0 unspecified atom stereocenters. The molecule has 0 atom stereocenters. The maximum atomic E-state index is 4.88. The monoisotopic (exact) mass is 260 g/mol. The molecule has 2 heteroatoms. The molecule has 0 spiro atoms. The molecule has 98 valence electrons. The van der Waals surface area contributed by atoms with Gasteiger partial charge in [-0.05, 0) is 36.9 Å². The van der Waals surface area contributed by atoms with Crippen molar-refractivity contribution >= 4 is 22.1 Å². The third-order valence-electron chi connectivity index (χ3n) is 4.39. The number of para-hydroxylation sites is 1. The van der Waals surface area contributed by atoms with E-state index in [1.165, 1.54) is 33.3 Å². The lowest BCUT2D eigenvalue weighted by molar-refractivity contribution is 1.15. The van der Waals surface area contributed by atoms with Crippen LogP contribution in [0.25, 0.3) is 22.0 Å². The van der Waals surface area contributed by atoms with Crippen LogP contribution in [0.15, 0.2) is 42.5 Å². The molecule has 0 fully saturated rings. The third-order valence-corrected chi connectivity index (χ3v) is 4.39. The molecule has 2 aromatic carbocycles. The van der Waals surface area contributed by atoms with Gasteiger partial charge in [0.15, 0.2) is 0 Å². The lowest BCUT2D eigenvalue weighted by Crippen LogP contribution is -2.15. The maximum Gasteiger partial charge on any atom is 0.0825 e. The summed E-state index contributed by atoms with van der Waals surface area (Å²) in [6.07, 6.45) is 0. The van der Waals surface area contributed by atoms with E-state index in [-0.39, 0.29) is 0 Å². The Hall–Kier alpha value is -2.35. The van der Waals surface area contributed by atoms with Gasteiger partial charge in [-0.3, -0.25) is 4.98 Å². The van der Waals surface area contributed by atoms with Crippen molar-refractivity contribution in [2.75, 3.05) is 11.9 Å². The molecular weight excluding hydrogens is 244 g/mol. The van der Waals surface area contributed by atoms with E-state index in [0.29, 0.717) is 0 Å². The van der Waals surface area contributed by atoms with Crippen molar-refractivity contribution in [1.29, 1.82) is 0 Å². The van der Waals surface area contributed by atoms with E-state index < -0.39 is 0 Å². The average Bonchev–Trinajstić information content (AvgIpc) is 2.49. The lowest BCUT2D eigenvalue weighted by atomic mass is 9.93. The number of fused-ring (bicyclic) bond motifs is 2. The van der Waals surface area contributed by atoms with E-state index in [2.05, 4.69) is 68.3 Å². The fourth-order valence-electron chi connectivity index (χ4n) is 3.17. The molecule has 1 aromatic heterocycles. The van der Waals surface area contributed by atoms with Crippen molar-refractivity contribution in [2.45, 2.75) is 13.8 Å². The van der Waals surface area contributed by atoms with E-state index in [0.717, 1.165) is 11.4 Å². The van der Waals surface area contributed by atoms with Gasteiger partial charge in [0.25, 0.3) is 0 Å². The highest BCUT2D eigenvalue weighted by Gasteiger charge is 2.24. The molecule has 0 saturated heterocycles. The van der Waals surface area contributed by atoms with Crippen LogP contribution < -0.4 is 4.90 Å². The Morgan fingerprint density at radius 3 is 2.50 bits per heavy atom. The van der Waals surface area contributed by atoms with Crippen LogP contribution in [-0.4, -0.2) is 12.0 Å². The van der Waals surface area contributed by atoms with Crippen molar-refractivity contribution in [2.24, 2.45) is 0 Å². The topological polar surface area (TPSA) is 16.1 Å². The standard InChI is InChI=1S/C18H16N2/c1-11-12(2)19-18-14-7-4-5-9-15(14)20(3)16-10-6-8-13(11)17(16)18/h4-10H,1-3H3. The molecule has 0 radical (unpaired) electrons. The molecule has 2 nitrogen and oxygen atoms in total. The summed E-state index contributed by atoms with van der Waals surface area (Å²) in [4.78, 5) is 7.15. The van der Waals surface area contributed by atoms with Crippen molar-refractivity contribution in [1.82, 2.24) is 4.98 Å². The van der Waals surface area contributed by atoms with Crippen LogP contribution in [0.3, 0.4) is 0 Å². The van der Waals surface area contributed by atoms with Crippen LogP contribution in [0.2, 0.25) is 0 Å². The van der Waals surface area contributed by atoms with Crippen LogP contribution in [0.4, 0.5) is 11.4 Å². The zero-order valence-electron chi connectivity index (χ0n) is 11.9. The normalized spacial score (nSPS) is 12.7. The summed E-state index contributed by atoms with van der Waals surface area (Å²) in [6.45, 7) is 4.25. The first kappa shape index (κ1) is 11.5. The van der Waals surface area contributed by atoms with E-state index in [9.17, 15) is 0 Å². The second kappa shape index (κ2) is 3.83. The first-order valence-electron chi connectivity index (χ1n) is 6.91. The van der Waals surface area contributed by atoms with Crippen molar-refractivity contribution in [3.05, 3.63) is 53.7 Å². The molecule has 1 aliphatic heterocycles. The minimum Gasteiger partial charge on any atom is -0.343 e. The van der Waals surface area contributed by atoms with E-state index in [1.807, 2.05) is 0 Å². The number of aryl methyl sites for hydroxylation is 2. The predicted octanol–water partition coefficient (Wildman–Crippen LogP) is 4.60. The fourth-order valence-corrected chi connectivity index (χ4v) is 3.17. The Morgan fingerprint density at radius 1 is 0.900 bits per heavy atom. The maximum absolute atomic E-state index is 4.88. The highest BCUT2D eigenvalue weighted by Crippen LogP contribution is 2.46. The summed E-state index contributed by atoms with van der Waals surface area (Å²) < 4.78 is 0. The van der Waals surface area contributed by atoms with Gasteiger partial charge in [-0.1, -0.05) is 30.3 Å². The minimum atomic E-state index is 1.11. The molecule has 3 aromatic rings. The Balaban J connectivity index is 2.26. The zero-order valence-corrected chi connectivity index (χ0v) is 11.9. The van der Waals surface area contributed by atoms with Gasteiger partial charge in [-0.15, -0.1) is 0 Å². The Kier molecular flexibility index (Phi) is 2.19. The molecule has 4 rings (SSSR count). The minimum absolute atomic E-state index is 1.11. The van der Waals surface area contributed by atoms with Gasteiger partial charge in [0.1, 0.15) is 0 Å². The molecule has 0 N–H and O–H groups in total. The van der Waals surface area contributed by atoms with Gasteiger partial charge in [0.2, 0.25) is 0 Å². The van der Waals surface area contributed by atoms with Gasteiger partial charge in [-0.2, -0.15) is 0 Å². The number of hydrogen-bond acceptors (Lipinski definition) is 2. The number of aromatic nitrogens is 1. The zero-order chi connectivity index (χ0) is 13.9. The summed E-state index contributed by atoms with van der Waals surface area (Å²) in [5.41, 5.74) is 7.20. The van der Waals surface area contributed by atoms with Gasteiger partial charge in [0, 0.05) is 23.7 Å². The molecule has 1 aliphatic rings. The second-order valence-electron chi connectivity index (χ2n) is 5.45. The van der Waals surface area contributed by atoms with Gasteiger partial charge in [0.05, 0.1) is 17.1 Å². The van der Waals surface area contributed by atoms with Gasteiger partial charge in [-0.25, -0.2) is 0 Å². The number of anilines is 2. The second-order valence-corrected chi connectivity index (χ2v) is 5.45. The summed E-state index contributed by atoms with van der Waals surface area (Å²) >= 11 is 0. The number of nitrogens with zero attached hydrogens (tertiary/aromatic N) is 2. The van der Waals surface area contributed by atoms with E-state index >= 15 is 0 Å². The molecule has 2 heterocycles. The SMILES string of the molecule is Cc1nc2c3c(cccc3c1C)N(C)c1ccccc1-2. The first-order valence-corrected chi connectivity index (χ1v) is 6.91. The average molecular weight is 260 g/mol. The van der Waals surface area contributed by atoms with Crippen LogP contribution in [0.1, 0.15) is 11.3 Å². The Labute approximate surface area is 118 Å². The first-order chi connectivity index (χ1) is 9.68. The molecule has 0 saturated carbocycles. The van der Waals surface area contributed by atoms with Crippen molar-refractivity contribution in [3.8, 4) is 11.3 Å². The van der Waals surface area contributed by atoms with Crippen LogP contribution in [-0.2, 0) is 0 Å². The largest absolute Gasteiger partial charge is 0.343 e. The van der Waals surface area contributed by atoms with Gasteiger partial charge < -0.3 is 4.90 Å². The lowest BCUT2D eigenvalue weighted by Gasteiger charge is -2.30. The predicted molar refractivity (Wildman–Crippen MR) is 84.7 cm³/mol. The summed E-state index contributed by atoms with van der Waals surface area (Å²) in [5.74, 6) is 0. The van der Waals surface area contributed by atoms with Gasteiger partial charge >= 0.3 is 0 Å². The summed E-state index contributed by atoms with van der Waals surface area (Å²) in [7, 11) is 2.13. The molecule has 0 amide bonds. The van der Waals surface area contributed by atoms with Crippen LogP contribution in [0.5, 0.6) is 0 Å². The number of rotatable bonds is 0. The Bertz CT molecular complexity index is 849. The highest BCUT2D eigenvalue weighted by atomic mass is 15.1. The van der Waals surface area contributed by atoms with Crippen LogP contribution >= 0.6 is 0 Å². The van der Waals surface area contributed by atoms with Crippen molar-refractivity contribution in [3.63, 3.8) is 0 Å². The van der Waals surface area contributed by atoms with Crippen molar-refractivity contribution < 1.29 is 0 Å². The Morgan fingerprint density at radius 2 is 1.65 bits per heavy atom. The number of benzene rings is 2. The number of pyridine rings is 1. The summed E-state index contributed by atoms with van der Waals surface area (Å²) in [6, 6.07) is 15.0. The molecule has 0 aliphatic carbocycles. The summed E-state index contributed by atoms with van der Waals surface area (Å²) in [5, 5.41) is 2.59.